The Labute approximate surface area is 120 Å². The van der Waals surface area contributed by atoms with Crippen molar-refractivity contribution in [1.29, 1.82) is 0 Å². The van der Waals surface area contributed by atoms with Gasteiger partial charge in [-0.3, -0.25) is 0 Å². The number of nitrogens with two attached hydrogens (primary N) is 1. The molecule has 112 valence electrons. The quantitative estimate of drug-likeness (QED) is 0.824. The maximum atomic E-state index is 13.7. The Morgan fingerprint density at radius 2 is 2.10 bits per heavy atom. The maximum Gasteiger partial charge on any atom is 0.341 e. The van der Waals surface area contributed by atoms with Crippen LogP contribution < -0.4 is 5.14 Å². The van der Waals surface area contributed by atoms with Gasteiger partial charge in [0.25, 0.3) is 0 Å². The summed E-state index contributed by atoms with van der Waals surface area (Å²) in [6, 6.07) is 1.44. The van der Waals surface area contributed by atoms with Crippen LogP contribution in [0.3, 0.4) is 0 Å². The minimum absolute atomic E-state index is 0.114. The zero-order valence-electron chi connectivity index (χ0n) is 10.7. The molecule has 9 heteroatoms. The van der Waals surface area contributed by atoms with Gasteiger partial charge in [0, 0.05) is 7.11 Å². The molecular formula is C11H13ClFNO5S. The molecule has 0 aromatic heterocycles. The van der Waals surface area contributed by atoms with Crippen molar-refractivity contribution < 1.29 is 27.1 Å². The van der Waals surface area contributed by atoms with Crippen molar-refractivity contribution in [1.82, 2.24) is 0 Å². The van der Waals surface area contributed by atoms with Gasteiger partial charge in [-0.15, -0.1) is 0 Å². The van der Waals surface area contributed by atoms with Gasteiger partial charge in [0.05, 0.1) is 17.2 Å². The number of esters is 1. The van der Waals surface area contributed by atoms with Gasteiger partial charge < -0.3 is 9.47 Å². The molecule has 1 unspecified atom stereocenters. The molecule has 0 aliphatic heterocycles. The van der Waals surface area contributed by atoms with Crippen LogP contribution in [0.4, 0.5) is 4.39 Å². The van der Waals surface area contributed by atoms with Crippen molar-refractivity contribution in [3.05, 3.63) is 28.5 Å². The molecule has 1 aromatic carbocycles. The fourth-order valence-corrected chi connectivity index (χ4v) is 2.50. The molecule has 0 spiro atoms. The van der Waals surface area contributed by atoms with E-state index in [0.717, 1.165) is 6.07 Å². The summed E-state index contributed by atoms with van der Waals surface area (Å²) in [6.45, 7) is 1.65. The minimum atomic E-state index is -4.18. The SMILES string of the molecule is COCC(C)OC(=O)c1cc(S(N)(=O)=O)c(Cl)cc1F. The molecular weight excluding hydrogens is 313 g/mol. The number of ether oxygens (including phenoxy) is 2. The smallest absolute Gasteiger partial charge is 0.341 e. The number of halogens is 2. The number of sulfonamides is 1. The Morgan fingerprint density at radius 3 is 2.60 bits per heavy atom. The largest absolute Gasteiger partial charge is 0.457 e. The van der Waals surface area contributed by atoms with Crippen LogP contribution in [0, 0.1) is 5.82 Å². The number of carbonyl (C=O) groups excluding carboxylic acids is 1. The lowest BCUT2D eigenvalue weighted by Gasteiger charge is -2.13. The number of benzene rings is 1. The molecule has 20 heavy (non-hydrogen) atoms. The molecule has 1 aromatic rings. The molecule has 0 amide bonds. The average Bonchev–Trinajstić information content (AvgIpc) is 2.26. The predicted octanol–water partition coefficient (Wildman–Crippen LogP) is 1.32. The molecule has 1 rings (SSSR count). The van der Waals surface area contributed by atoms with Crippen LogP contribution in [-0.2, 0) is 19.5 Å². The van der Waals surface area contributed by atoms with Gasteiger partial charge in [-0.05, 0) is 19.1 Å². The first kappa shape index (κ1) is 16.8. The molecule has 1 atom stereocenters. The van der Waals surface area contributed by atoms with Crippen LogP contribution in [0.1, 0.15) is 17.3 Å². The molecule has 0 aliphatic carbocycles. The summed E-state index contributed by atoms with van der Waals surface area (Å²) in [5.41, 5.74) is -0.568. The second-order valence-corrected chi connectivity index (χ2v) is 5.92. The number of hydrogen-bond donors (Lipinski definition) is 1. The molecule has 0 heterocycles. The standard InChI is InChI=1S/C11H13ClFNO5S/c1-6(5-18-2)19-11(15)7-3-10(20(14,16)17)8(12)4-9(7)13/h3-4,6H,5H2,1-2H3,(H2,14,16,17). The van der Waals surface area contributed by atoms with Gasteiger partial charge in [0.1, 0.15) is 16.8 Å². The molecule has 0 aliphatic rings. The fourth-order valence-electron chi connectivity index (χ4n) is 1.42. The number of primary sulfonamides is 1. The van der Waals surface area contributed by atoms with E-state index < -0.39 is 43.4 Å². The Balaban J connectivity index is 3.16. The van der Waals surface area contributed by atoms with E-state index in [1.165, 1.54) is 14.0 Å². The summed E-state index contributed by atoms with van der Waals surface area (Å²) in [4.78, 5) is 11.2. The normalized spacial score (nSPS) is 13.1. The predicted molar refractivity (Wildman–Crippen MR) is 69.5 cm³/mol. The maximum absolute atomic E-state index is 13.7. The first-order valence-corrected chi connectivity index (χ1v) is 7.31. The summed E-state index contributed by atoms with van der Waals surface area (Å²) >= 11 is 5.58. The number of carbonyl (C=O) groups is 1. The summed E-state index contributed by atoms with van der Waals surface area (Å²) in [7, 11) is -2.77. The van der Waals surface area contributed by atoms with Gasteiger partial charge in [-0.2, -0.15) is 0 Å². The molecule has 0 saturated carbocycles. The van der Waals surface area contributed by atoms with Crippen LogP contribution in [0.5, 0.6) is 0 Å². The van der Waals surface area contributed by atoms with Crippen molar-refractivity contribution in [3.63, 3.8) is 0 Å². The molecule has 0 fully saturated rings. The van der Waals surface area contributed by atoms with Crippen LogP contribution in [0.15, 0.2) is 17.0 Å². The van der Waals surface area contributed by atoms with Crippen molar-refractivity contribution in [3.8, 4) is 0 Å². The lowest BCUT2D eigenvalue weighted by molar-refractivity contribution is 0.0115. The number of methoxy groups -OCH3 is 1. The molecule has 2 N–H and O–H groups in total. The first-order valence-electron chi connectivity index (χ1n) is 5.38. The number of hydrogen-bond acceptors (Lipinski definition) is 5. The lowest BCUT2D eigenvalue weighted by Crippen LogP contribution is -2.21. The van der Waals surface area contributed by atoms with Gasteiger partial charge >= 0.3 is 5.97 Å². The highest BCUT2D eigenvalue weighted by molar-refractivity contribution is 7.89. The summed E-state index contributed by atoms with van der Waals surface area (Å²) in [5, 5.41) is 4.51. The van der Waals surface area contributed by atoms with Crippen LogP contribution in [0.2, 0.25) is 5.02 Å². The van der Waals surface area contributed by atoms with E-state index in [9.17, 15) is 17.6 Å². The third-order valence-corrected chi connectivity index (χ3v) is 3.63. The van der Waals surface area contributed by atoms with Gasteiger partial charge in [0.2, 0.25) is 10.0 Å². The van der Waals surface area contributed by atoms with Crippen LogP contribution >= 0.6 is 11.6 Å². The van der Waals surface area contributed by atoms with Gasteiger partial charge in [-0.1, -0.05) is 11.6 Å². The Bertz CT molecular complexity index is 619. The topological polar surface area (TPSA) is 95.7 Å². The van der Waals surface area contributed by atoms with Crippen LogP contribution in [-0.4, -0.2) is 34.2 Å². The second kappa shape index (κ2) is 6.49. The van der Waals surface area contributed by atoms with Crippen LogP contribution in [0.25, 0.3) is 0 Å². The van der Waals surface area contributed by atoms with Crippen molar-refractivity contribution in [2.75, 3.05) is 13.7 Å². The van der Waals surface area contributed by atoms with E-state index in [0.29, 0.717) is 6.07 Å². The van der Waals surface area contributed by atoms with Gasteiger partial charge in [-0.25, -0.2) is 22.7 Å². The highest BCUT2D eigenvalue weighted by atomic mass is 35.5. The summed E-state index contributed by atoms with van der Waals surface area (Å²) in [6.07, 6.45) is -0.625. The monoisotopic (exact) mass is 325 g/mol. The Hall–Kier alpha value is -1.22. The van der Waals surface area contributed by atoms with E-state index in [4.69, 9.17) is 26.2 Å². The number of rotatable bonds is 5. The van der Waals surface area contributed by atoms with Gasteiger partial charge in [0.15, 0.2) is 0 Å². The highest BCUT2D eigenvalue weighted by Crippen LogP contribution is 2.24. The zero-order valence-corrected chi connectivity index (χ0v) is 12.3. The van der Waals surface area contributed by atoms with Crippen molar-refractivity contribution in [2.45, 2.75) is 17.9 Å². The molecule has 0 bridgehead atoms. The Morgan fingerprint density at radius 1 is 1.50 bits per heavy atom. The third kappa shape index (κ3) is 4.14. The fraction of sp³-hybridized carbons (Fsp3) is 0.364. The average molecular weight is 326 g/mol. The van der Waals surface area contributed by atoms with Crippen molar-refractivity contribution >= 4 is 27.6 Å². The lowest BCUT2D eigenvalue weighted by atomic mass is 10.2. The summed E-state index contributed by atoms with van der Waals surface area (Å²) < 4.78 is 45.8. The zero-order chi connectivity index (χ0) is 15.5. The first-order chi connectivity index (χ1) is 9.16. The summed E-state index contributed by atoms with van der Waals surface area (Å²) in [5.74, 6) is -2.04. The third-order valence-electron chi connectivity index (χ3n) is 2.26. The highest BCUT2D eigenvalue weighted by Gasteiger charge is 2.22. The molecule has 0 radical (unpaired) electrons. The van der Waals surface area contributed by atoms with E-state index in [2.05, 4.69) is 0 Å². The minimum Gasteiger partial charge on any atom is -0.457 e. The van der Waals surface area contributed by atoms with E-state index in [-0.39, 0.29) is 6.61 Å². The van der Waals surface area contributed by atoms with E-state index in [1.54, 1.807) is 0 Å². The Kier molecular flexibility index (Phi) is 5.46. The van der Waals surface area contributed by atoms with E-state index >= 15 is 0 Å². The van der Waals surface area contributed by atoms with E-state index in [1.807, 2.05) is 0 Å². The molecule has 0 saturated heterocycles. The second-order valence-electron chi connectivity index (χ2n) is 3.98. The molecule has 6 nitrogen and oxygen atoms in total. The van der Waals surface area contributed by atoms with Crippen molar-refractivity contribution in [2.24, 2.45) is 5.14 Å².